The molecule has 0 fully saturated rings. The van der Waals surface area contributed by atoms with Crippen molar-refractivity contribution in [1.82, 2.24) is 0 Å². The van der Waals surface area contributed by atoms with Gasteiger partial charge in [-0.05, 0) is 23.7 Å². The first-order chi connectivity index (χ1) is 6.97. The molecule has 0 saturated heterocycles. The van der Waals surface area contributed by atoms with Gasteiger partial charge in [0.15, 0.2) is 0 Å². The zero-order valence-electron chi connectivity index (χ0n) is 7.23. The minimum absolute atomic E-state index is 0.191. The van der Waals surface area contributed by atoms with Crippen LogP contribution in [0.4, 0.5) is 0 Å². The van der Waals surface area contributed by atoms with Gasteiger partial charge < -0.3 is 5.11 Å². The highest BCUT2D eigenvalue weighted by molar-refractivity contribution is 7.90. The van der Waals surface area contributed by atoms with Crippen molar-refractivity contribution in [3.63, 3.8) is 0 Å². The van der Waals surface area contributed by atoms with Gasteiger partial charge in [-0.3, -0.25) is 0 Å². The molecule has 0 aliphatic rings. The monoisotopic (exact) mass is 227 g/mol. The minimum atomic E-state index is -4.12. The van der Waals surface area contributed by atoms with Crippen LogP contribution in [0.25, 0.3) is 10.4 Å². The second kappa shape index (κ2) is 3.99. The predicted octanol–water partition coefficient (Wildman–Crippen LogP) is 1.38. The molecule has 0 bridgehead atoms. The second-order valence-electron chi connectivity index (χ2n) is 2.48. The van der Waals surface area contributed by atoms with Crippen molar-refractivity contribution in [2.24, 2.45) is 4.52 Å². The third-order valence-corrected chi connectivity index (χ3v) is 2.66. The predicted molar refractivity (Wildman–Crippen MR) is 49.7 cm³/mol. The summed E-state index contributed by atoms with van der Waals surface area (Å²) in [6, 6.07) is 4.56. The normalized spacial score (nSPS) is 10.4. The van der Waals surface area contributed by atoms with E-state index < -0.39 is 16.0 Å². The Kier molecular flexibility index (Phi) is 2.93. The number of rotatable bonds is 3. The molecular weight excluding hydrogens is 222 g/mol. The van der Waals surface area contributed by atoms with Crippen molar-refractivity contribution in [2.75, 3.05) is 0 Å². The molecule has 0 atom stereocenters. The highest BCUT2D eigenvalue weighted by atomic mass is 32.2. The Hall–Kier alpha value is -2.05. The van der Waals surface area contributed by atoms with Gasteiger partial charge in [-0.15, -0.1) is 0 Å². The van der Waals surface area contributed by atoms with Gasteiger partial charge in [0, 0.05) is 9.43 Å². The van der Waals surface area contributed by atoms with Crippen molar-refractivity contribution < 1.29 is 18.3 Å². The number of nitrogens with zero attached hydrogens (tertiary/aromatic N) is 3. The standard InChI is InChI=1S/C7H5N3O4S/c8-9-10-15(13,14)6-3-1-2-5(4-6)7(11)12/h1-4H,(H,11,12). The molecule has 1 rings (SSSR count). The summed E-state index contributed by atoms with van der Waals surface area (Å²) in [6.07, 6.45) is 0. The van der Waals surface area contributed by atoms with Crippen molar-refractivity contribution in [3.05, 3.63) is 40.3 Å². The van der Waals surface area contributed by atoms with Crippen LogP contribution in [0.2, 0.25) is 0 Å². The summed E-state index contributed by atoms with van der Waals surface area (Å²) in [5, 5.41) is 8.61. The first-order valence-corrected chi connectivity index (χ1v) is 5.06. The quantitative estimate of drug-likeness (QED) is 0.476. The number of sulfonamides is 1. The Morgan fingerprint density at radius 1 is 1.47 bits per heavy atom. The topological polar surface area (TPSA) is 120 Å². The van der Waals surface area contributed by atoms with E-state index in [9.17, 15) is 13.2 Å². The number of benzene rings is 1. The molecule has 8 heteroatoms. The average Bonchev–Trinajstić information content (AvgIpc) is 2.18. The first kappa shape index (κ1) is 11.0. The Balaban J connectivity index is 3.34. The third-order valence-electron chi connectivity index (χ3n) is 1.52. The lowest BCUT2D eigenvalue weighted by Gasteiger charge is -1.98. The highest BCUT2D eigenvalue weighted by Crippen LogP contribution is 2.14. The minimum Gasteiger partial charge on any atom is -0.478 e. The molecule has 78 valence electrons. The number of carboxylic acid groups (broad SMARTS) is 1. The summed E-state index contributed by atoms with van der Waals surface area (Å²) in [4.78, 5) is 12.3. The maximum atomic E-state index is 11.2. The van der Waals surface area contributed by atoms with Crippen molar-refractivity contribution in [1.29, 1.82) is 0 Å². The van der Waals surface area contributed by atoms with E-state index in [1.165, 1.54) is 12.1 Å². The zero-order chi connectivity index (χ0) is 11.5. The van der Waals surface area contributed by atoms with Crippen molar-refractivity contribution in [3.8, 4) is 0 Å². The number of hydrogen-bond acceptors (Lipinski definition) is 3. The molecule has 0 saturated carbocycles. The van der Waals surface area contributed by atoms with Gasteiger partial charge in [-0.2, -0.15) is 0 Å². The number of carboxylic acids is 1. The molecule has 1 aromatic carbocycles. The molecule has 0 unspecified atom stereocenters. The van der Waals surface area contributed by atoms with Gasteiger partial charge in [0.2, 0.25) is 0 Å². The Labute approximate surface area is 84.6 Å². The van der Waals surface area contributed by atoms with Crippen LogP contribution >= 0.6 is 0 Å². The molecule has 1 aromatic rings. The number of azide groups is 1. The molecule has 1 N–H and O–H groups in total. The van der Waals surface area contributed by atoms with E-state index in [1.54, 1.807) is 0 Å². The summed E-state index contributed by atoms with van der Waals surface area (Å²) in [5.41, 5.74) is 7.81. The Morgan fingerprint density at radius 2 is 2.13 bits per heavy atom. The Morgan fingerprint density at radius 3 is 2.67 bits per heavy atom. The molecule has 7 nitrogen and oxygen atoms in total. The lowest BCUT2D eigenvalue weighted by molar-refractivity contribution is 0.0696. The zero-order valence-corrected chi connectivity index (χ0v) is 8.05. The molecule has 0 heterocycles. The van der Waals surface area contributed by atoms with E-state index in [2.05, 4.69) is 9.43 Å². The van der Waals surface area contributed by atoms with Crippen LogP contribution < -0.4 is 0 Å². The van der Waals surface area contributed by atoms with Gasteiger partial charge in [0.05, 0.1) is 10.5 Å². The summed E-state index contributed by atoms with van der Waals surface area (Å²) >= 11 is 0. The van der Waals surface area contributed by atoms with E-state index in [4.69, 9.17) is 10.6 Å². The van der Waals surface area contributed by atoms with Crippen LogP contribution in [0.1, 0.15) is 10.4 Å². The van der Waals surface area contributed by atoms with Crippen LogP contribution in [0, 0.1) is 0 Å². The summed E-state index contributed by atoms with van der Waals surface area (Å²) in [5.74, 6) is -1.26. The molecule has 0 aliphatic heterocycles. The Bertz CT molecular complexity index is 545. The smallest absolute Gasteiger partial charge is 0.335 e. The fraction of sp³-hybridized carbons (Fsp3) is 0. The fourth-order valence-corrected chi connectivity index (χ4v) is 1.60. The summed E-state index contributed by atoms with van der Waals surface area (Å²) in [6.45, 7) is 0. The molecule has 15 heavy (non-hydrogen) atoms. The van der Waals surface area contributed by atoms with Gasteiger partial charge >= 0.3 is 5.97 Å². The molecular formula is C7H5N3O4S. The van der Waals surface area contributed by atoms with Crippen molar-refractivity contribution in [2.45, 2.75) is 4.90 Å². The summed E-state index contributed by atoms with van der Waals surface area (Å²) in [7, 11) is -4.12. The van der Waals surface area contributed by atoms with Gasteiger partial charge in [0.25, 0.3) is 10.0 Å². The molecule has 0 amide bonds. The SMILES string of the molecule is [N-]=[N+]=NS(=O)(=O)c1cccc(C(=O)O)c1. The maximum Gasteiger partial charge on any atom is 0.335 e. The number of hydrogen-bond donors (Lipinski definition) is 1. The summed E-state index contributed by atoms with van der Waals surface area (Å²) < 4.78 is 25.0. The number of aromatic carboxylic acids is 1. The van der Waals surface area contributed by atoms with Crippen LogP contribution in [0.15, 0.2) is 33.7 Å². The van der Waals surface area contributed by atoms with Crippen LogP contribution in [-0.4, -0.2) is 19.5 Å². The fourth-order valence-electron chi connectivity index (χ4n) is 0.885. The average molecular weight is 227 g/mol. The molecule has 0 aromatic heterocycles. The molecule has 0 aliphatic carbocycles. The second-order valence-corrected chi connectivity index (χ2v) is 4.06. The third kappa shape index (κ3) is 2.46. The lowest BCUT2D eigenvalue weighted by atomic mass is 10.2. The van der Waals surface area contributed by atoms with Gasteiger partial charge in [-0.25, -0.2) is 13.2 Å². The van der Waals surface area contributed by atoms with E-state index in [0.29, 0.717) is 0 Å². The lowest BCUT2D eigenvalue weighted by Crippen LogP contribution is -2.00. The van der Waals surface area contributed by atoms with Crippen LogP contribution in [0.5, 0.6) is 0 Å². The van der Waals surface area contributed by atoms with E-state index in [0.717, 1.165) is 12.1 Å². The van der Waals surface area contributed by atoms with Crippen LogP contribution in [-0.2, 0) is 10.0 Å². The van der Waals surface area contributed by atoms with Gasteiger partial charge in [-0.1, -0.05) is 6.07 Å². The highest BCUT2D eigenvalue weighted by Gasteiger charge is 2.13. The maximum absolute atomic E-state index is 11.2. The van der Waals surface area contributed by atoms with Crippen LogP contribution in [0.3, 0.4) is 0 Å². The van der Waals surface area contributed by atoms with E-state index in [1.807, 2.05) is 0 Å². The van der Waals surface area contributed by atoms with E-state index >= 15 is 0 Å². The molecule has 0 spiro atoms. The van der Waals surface area contributed by atoms with E-state index in [-0.39, 0.29) is 10.5 Å². The van der Waals surface area contributed by atoms with Gasteiger partial charge in [0.1, 0.15) is 0 Å². The first-order valence-electron chi connectivity index (χ1n) is 3.62. The van der Waals surface area contributed by atoms with Crippen molar-refractivity contribution >= 4 is 16.0 Å². The number of carbonyl (C=O) groups is 1. The largest absolute Gasteiger partial charge is 0.478 e. The molecule has 0 radical (unpaired) electrons.